The fourth-order valence-corrected chi connectivity index (χ4v) is 2.66. The van der Waals surface area contributed by atoms with Gasteiger partial charge in [-0.05, 0) is 0 Å². The molecule has 2 aliphatic rings. The van der Waals surface area contributed by atoms with Crippen LogP contribution in [0, 0.1) is 5.92 Å². The molecule has 0 saturated carbocycles. The molecule has 0 N–H and O–H groups in total. The van der Waals surface area contributed by atoms with E-state index in [0.717, 1.165) is 12.5 Å². The minimum absolute atomic E-state index is 0. The summed E-state index contributed by atoms with van der Waals surface area (Å²) in [5.41, 5.74) is 3.36. The van der Waals surface area contributed by atoms with Gasteiger partial charge in [-0.2, -0.15) is 0 Å². The molecule has 1 nitrogen and oxygen atoms in total. The van der Waals surface area contributed by atoms with Crippen molar-refractivity contribution in [3.05, 3.63) is 23.3 Å². The molecule has 0 amide bonds. The molecule has 0 bridgehead atoms. The molecule has 0 unspecified atom stereocenters. The molecular formula is C11H15Cl3OZr. The summed E-state index contributed by atoms with van der Waals surface area (Å²) in [7, 11) is 0. The molecule has 0 aliphatic heterocycles. The Balaban J connectivity index is 0. The van der Waals surface area contributed by atoms with E-state index in [1.165, 1.54) is 57.3 Å². The predicted molar refractivity (Wildman–Crippen MR) is 48.7 cm³/mol. The third kappa shape index (κ3) is 4.82. The summed E-state index contributed by atoms with van der Waals surface area (Å²) in [5, 5.41) is 0. The van der Waals surface area contributed by atoms with E-state index >= 15 is 0 Å². The summed E-state index contributed by atoms with van der Waals surface area (Å²) >= 11 is 1.20. The van der Waals surface area contributed by atoms with E-state index in [1.54, 1.807) is 11.1 Å². The number of allylic oxidation sites excluding steroid dienone is 4. The van der Waals surface area contributed by atoms with Crippen molar-refractivity contribution in [1.82, 2.24) is 0 Å². The number of hydrogen-bond acceptors (Lipinski definition) is 1. The van der Waals surface area contributed by atoms with Crippen molar-refractivity contribution in [3.8, 4) is 0 Å². The zero-order chi connectivity index (χ0) is 9.10. The molecule has 0 saturated heterocycles. The Morgan fingerprint density at radius 1 is 1.19 bits per heavy atom. The summed E-state index contributed by atoms with van der Waals surface area (Å²) in [5.74, 6) is 0.718. The van der Waals surface area contributed by atoms with Gasteiger partial charge in [0.1, 0.15) is 0 Å². The van der Waals surface area contributed by atoms with Gasteiger partial charge < -0.3 is 37.2 Å². The van der Waals surface area contributed by atoms with Gasteiger partial charge in [0.25, 0.3) is 0 Å². The van der Waals surface area contributed by atoms with Crippen molar-refractivity contribution < 1.29 is 65.2 Å². The SMILES string of the molecule is [Cl-].[Cl-].[Cl-].[Zr+3][O]CC[C@H]1C=CC2=C1CCCC2. The fraction of sp³-hybridized carbons (Fsp3) is 0.636. The van der Waals surface area contributed by atoms with Crippen molar-refractivity contribution in [2.24, 2.45) is 5.92 Å². The van der Waals surface area contributed by atoms with E-state index in [0.29, 0.717) is 0 Å². The van der Waals surface area contributed by atoms with Crippen LogP contribution in [-0.2, 0) is 28.0 Å². The number of rotatable bonds is 3. The summed E-state index contributed by atoms with van der Waals surface area (Å²) in [6, 6.07) is 0. The molecule has 0 heterocycles. The van der Waals surface area contributed by atoms with Crippen LogP contribution in [0.1, 0.15) is 32.1 Å². The Bertz CT molecular complexity index is 254. The van der Waals surface area contributed by atoms with Crippen LogP contribution in [0.3, 0.4) is 0 Å². The normalized spacial score (nSPS) is 21.8. The maximum absolute atomic E-state index is 5.22. The first-order valence-corrected chi connectivity index (χ1v) is 6.11. The Hall–Kier alpha value is 1.19. The Labute approximate surface area is 132 Å². The van der Waals surface area contributed by atoms with Crippen LogP contribution >= 0.6 is 0 Å². The second-order valence-corrected chi connectivity index (χ2v) is 4.57. The minimum atomic E-state index is 0. The van der Waals surface area contributed by atoms with Gasteiger partial charge in [0, 0.05) is 0 Å². The monoisotopic (exact) mass is 358 g/mol. The average Bonchev–Trinajstić information content (AvgIpc) is 2.58. The van der Waals surface area contributed by atoms with Crippen LogP contribution in [0.2, 0.25) is 0 Å². The van der Waals surface area contributed by atoms with Gasteiger partial charge in [0.15, 0.2) is 0 Å². The molecule has 0 fully saturated rings. The summed E-state index contributed by atoms with van der Waals surface area (Å²) in [6.07, 6.45) is 11.4. The summed E-state index contributed by atoms with van der Waals surface area (Å²) < 4.78 is 5.22. The zero-order valence-corrected chi connectivity index (χ0v) is 13.7. The molecule has 2 rings (SSSR count). The molecule has 1 atom stereocenters. The first kappa shape index (κ1) is 19.5. The Morgan fingerprint density at radius 3 is 2.56 bits per heavy atom. The molecule has 0 aromatic rings. The van der Waals surface area contributed by atoms with Gasteiger partial charge in [0.05, 0.1) is 0 Å². The second kappa shape index (κ2) is 10.1. The third-order valence-corrected chi connectivity index (χ3v) is 3.56. The van der Waals surface area contributed by atoms with Crippen molar-refractivity contribution in [2.75, 3.05) is 6.61 Å². The van der Waals surface area contributed by atoms with Crippen molar-refractivity contribution in [3.63, 3.8) is 0 Å². The van der Waals surface area contributed by atoms with E-state index in [2.05, 4.69) is 12.2 Å². The predicted octanol–water partition coefficient (Wildman–Crippen LogP) is -6.08. The molecule has 0 spiro atoms. The summed E-state index contributed by atoms with van der Waals surface area (Å²) in [4.78, 5) is 0. The molecular weight excluding hydrogens is 346 g/mol. The Morgan fingerprint density at radius 2 is 1.88 bits per heavy atom. The number of halogens is 3. The van der Waals surface area contributed by atoms with Gasteiger partial charge >= 0.3 is 95.9 Å². The third-order valence-electron chi connectivity index (χ3n) is 3.06. The number of hydrogen-bond donors (Lipinski definition) is 0. The first-order valence-electron chi connectivity index (χ1n) is 5.10. The van der Waals surface area contributed by atoms with Crippen LogP contribution in [-0.4, -0.2) is 6.61 Å². The molecule has 90 valence electrons. The zero-order valence-electron chi connectivity index (χ0n) is 9.02. The Kier molecular flexibility index (Phi) is 12.4. The van der Waals surface area contributed by atoms with E-state index in [9.17, 15) is 0 Å². The molecule has 2 aliphatic carbocycles. The molecule has 0 aromatic carbocycles. The van der Waals surface area contributed by atoms with Gasteiger partial charge in [-0.3, -0.25) is 0 Å². The van der Waals surface area contributed by atoms with Crippen molar-refractivity contribution >= 4 is 0 Å². The van der Waals surface area contributed by atoms with E-state index in [-0.39, 0.29) is 37.2 Å². The van der Waals surface area contributed by atoms with Gasteiger partial charge in [-0.25, -0.2) is 0 Å². The van der Waals surface area contributed by atoms with Crippen LogP contribution < -0.4 is 37.2 Å². The molecule has 16 heavy (non-hydrogen) atoms. The van der Waals surface area contributed by atoms with E-state index < -0.39 is 0 Å². The topological polar surface area (TPSA) is 9.23 Å². The van der Waals surface area contributed by atoms with Crippen molar-refractivity contribution in [1.29, 1.82) is 0 Å². The summed E-state index contributed by atoms with van der Waals surface area (Å²) in [6.45, 7) is 0.935. The van der Waals surface area contributed by atoms with Gasteiger partial charge in [0.2, 0.25) is 0 Å². The van der Waals surface area contributed by atoms with E-state index in [1.807, 2.05) is 0 Å². The molecule has 5 heteroatoms. The van der Waals surface area contributed by atoms with Gasteiger partial charge in [-0.15, -0.1) is 0 Å². The van der Waals surface area contributed by atoms with Crippen LogP contribution in [0.25, 0.3) is 0 Å². The van der Waals surface area contributed by atoms with Crippen LogP contribution in [0.5, 0.6) is 0 Å². The standard InChI is InChI=1S/C11H15O.3ClH.Zr/c12-8-7-10-6-5-9-3-1-2-4-11(9)10;;;;/h5-6,10H,1-4,7-8H2;3*1H;/q-1;;;;+4/p-3/t10-;;;;/m1..../s1. The maximum atomic E-state index is 5.22. The quantitative estimate of drug-likeness (QED) is 0.487. The van der Waals surface area contributed by atoms with E-state index in [4.69, 9.17) is 2.81 Å². The molecule has 0 radical (unpaired) electrons. The van der Waals surface area contributed by atoms with Crippen LogP contribution in [0.15, 0.2) is 23.3 Å². The van der Waals surface area contributed by atoms with Crippen LogP contribution in [0.4, 0.5) is 0 Å². The van der Waals surface area contributed by atoms with Crippen molar-refractivity contribution in [2.45, 2.75) is 32.1 Å². The first-order chi connectivity index (χ1) is 6.42. The fourth-order valence-electron chi connectivity index (χ4n) is 2.37. The molecule has 0 aromatic heterocycles. The average molecular weight is 361 g/mol. The second-order valence-electron chi connectivity index (χ2n) is 3.86. The van der Waals surface area contributed by atoms with Gasteiger partial charge in [-0.1, -0.05) is 0 Å².